The minimum Gasteiger partial charge on any atom is -0.497 e. The van der Waals surface area contributed by atoms with Gasteiger partial charge in [0, 0.05) is 21.9 Å². The second-order valence-electron chi connectivity index (χ2n) is 5.76. The summed E-state index contributed by atoms with van der Waals surface area (Å²) < 4.78 is 9.57. The van der Waals surface area contributed by atoms with Crippen LogP contribution in [0, 0.1) is 13.8 Å². The van der Waals surface area contributed by atoms with Gasteiger partial charge < -0.3 is 14.8 Å². The summed E-state index contributed by atoms with van der Waals surface area (Å²) in [5, 5.41) is 5.34. The second-order valence-corrected chi connectivity index (χ2v) is 8.15. The monoisotopic (exact) mass is 422 g/mol. The van der Waals surface area contributed by atoms with E-state index in [2.05, 4.69) is 15.4 Å². The normalized spacial score (nSPS) is 10.3. The maximum absolute atomic E-state index is 12.3. The van der Waals surface area contributed by atoms with Crippen molar-refractivity contribution >= 4 is 46.0 Å². The maximum atomic E-state index is 12.3. The van der Waals surface area contributed by atoms with E-state index in [0.717, 1.165) is 15.5 Å². The Hall–Kier alpha value is -2.52. The Kier molecular flexibility index (Phi) is 7.89. The molecule has 2 N–H and O–H groups in total. The van der Waals surface area contributed by atoms with Crippen molar-refractivity contribution in [2.24, 2.45) is 0 Å². The number of thioether (sulfide) groups is 1. The molecule has 0 bridgehead atoms. The molecule has 1 aromatic carbocycles. The smallest absolute Gasteiger partial charge is 0.413 e. The summed E-state index contributed by atoms with van der Waals surface area (Å²) >= 11 is 2.86. The van der Waals surface area contributed by atoms with Crippen LogP contribution in [0.25, 0.3) is 0 Å². The molecule has 0 unspecified atom stereocenters. The van der Waals surface area contributed by atoms with Crippen LogP contribution in [0.2, 0.25) is 0 Å². The van der Waals surface area contributed by atoms with Gasteiger partial charge in [-0.1, -0.05) is 0 Å². The molecule has 1 heterocycles. The molecule has 3 amide bonds. The van der Waals surface area contributed by atoms with Crippen LogP contribution in [0.5, 0.6) is 5.75 Å². The zero-order chi connectivity index (χ0) is 20.7. The SMILES string of the molecule is COC(=O)NC(=O)c1c(NC(=O)CCSc2ccc(OC)cc2)sc(C)c1C. The molecule has 0 radical (unpaired) electrons. The van der Waals surface area contributed by atoms with Crippen molar-refractivity contribution in [2.75, 3.05) is 25.3 Å². The highest BCUT2D eigenvalue weighted by Gasteiger charge is 2.22. The molecule has 9 heteroatoms. The summed E-state index contributed by atoms with van der Waals surface area (Å²) in [5.74, 6) is 0.569. The van der Waals surface area contributed by atoms with E-state index in [9.17, 15) is 14.4 Å². The first-order valence-corrected chi connectivity index (χ1v) is 10.2. The van der Waals surface area contributed by atoms with E-state index in [-0.39, 0.29) is 17.9 Å². The Morgan fingerprint density at radius 2 is 1.79 bits per heavy atom. The summed E-state index contributed by atoms with van der Waals surface area (Å²) in [7, 11) is 2.79. The van der Waals surface area contributed by atoms with Gasteiger partial charge >= 0.3 is 6.09 Å². The predicted molar refractivity (Wildman–Crippen MR) is 111 cm³/mol. The fourth-order valence-corrected chi connectivity index (χ4v) is 4.24. The highest BCUT2D eigenvalue weighted by atomic mass is 32.2. The number of amides is 3. The average Bonchev–Trinajstić information content (AvgIpc) is 2.95. The molecule has 150 valence electrons. The molecule has 0 saturated carbocycles. The van der Waals surface area contributed by atoms with E-state index in [4.69, 9.17) is 4.74 Å². The molecule has 2 aromatic rings. The topological polar surface area (TPSA) is 93.7 Å². The van der Waals surface area contributed by atoms with Crippen molar-refractivity contribution in [3.8, 4) is 5.75 Å². The number of benzene rings is 1. The summed E-state index contributed by atoms with van der Waals surface area (Å²) in [5.41, 5.74) is 0.998. The summed E-state index contributed by atoms with van der Waals surface area (Å²) in [4.78, 5) is 37.9. The number of anilines is 1. The molecule has 0 aliphatic rings. The molecule has 7 nitrogen and oxygen atoms in total. The van der Waals surface area contributed by atoms with Crippen LogP contribution in [0.4, 0.5) is 9.80 Å². The number of aryl methyl sites for hydroxylation is 1. The highest BCUT2D eigenvalue weighted by molar-refractivity contribution is 7.99. The quantitative estimate of drug-likeness (QED) is 0.655. The van der Waals surface area contributed by atoms with Crippen molar-refractivity contribution in [3.05, 3.63) is 40.3 Å². The summed E-state index contributed by atoms with van der Waals surface area (Å²) in [6.07, 6.45) is -0.563. The van der Waals surface area contributed by atoms with Crippen LogP contribution in [0.3, 0.4) is 0 Å². The van der Waals surface area contributed by atoms with Crippen LogP contribution >= 0.6 is 23.1 Å². The van der Waals surface area contributed by atoms with Crippen molar-refractivity contribution in [2.45, 2.75) is 25.2 Å². The number of carbonyl (C=O) groups excluding carboxylic acids is 3. The highest BCUT2D eigenvalue weighted by Crippen LogP contribution is 2.32. The zero-order valence-corrected chi connectivity index (χ0v) is 17.7. The van der Waals surface area contributed by atoms with E-state index in [1.807, 2.05) is 31.2 Å². The largest absolute Gasteiger partial charge is 0.497 e. The fraction of sp³-hybridized carbons (Fsp3) is 0.316. The minimum atomic E-state index is -0.846. The van der Waals surface area contributed by atoms with Gasteiger partial charge in [0.25, 0.3) is 5.91 Å². The number of hydrogen-bond acceptors (Lipinski definition) is 7. The van der Waals surface area contributed by atoms with Crippen LogP contribution < -0.4 is 15.4 Å². The summed E-state index contributed by atoms with van der Waals surface area (Å²) in [6.45, 7) is 3.62. The van der Waals surface area contributed by atoms with E-state index in [0.29, 0.717) is 16.3 Å². The Bertz CT molecular complexity index is 862. The molecular weight excluding hydrogens is 400 g/mol. The van der Waals surface area contributed by atoms with Gasteiger partial charge in [0.2, 0.25) is 5.91 Å². The first-order chi connectivity index (χ1) is 13.3. The van der Waals surface area contributed by atoms with Gasteiger partial charge in [-0.05, 0) is 43.7 Å². The Morgan fingerprint density at radius 1 is 1.11 bits per heavy atom. The number of thiophene rings is 1. The van der Waals surface area contributed by atoms with E-state index >= 15 is 0 Å². The van der Waals surface area contributed by atoms with Gasteiger partial charge in [0.1, 0.15) is 10.8 Å². The van der Waals surface area contributed by atoms with Gasteiger partial charge in [-0.15, -0.1) is 23.1 Å². The molecule has 28 heavy (non-hydrogen) atoms. The molecule has 0 spiro atoms. The number of alkyl carbamates (subject to hydrolysis) is 1. The lowest BCUT2D eigenvalue weighted by Gasteiger charge is -2.08. The molecule has 2 rings (SSSR count). The zero-order valence-electron chi connectivity index (χ0n) is 16.1. The van der Waals surface area contributed by atoms with Crippen LogP contribution in [0.1, 0.15) is 27.2 Å². The molecule has 0 atom stereocenters. The van der Waals surface area contributed by atoms with E-state index < -0.39 is 12.0 Å². The number of nitrogens with one attached hydrogen (secondary N) is 2. The van der Waals surface area contributed by atoms with E-state index in [1.165, 1.54) is 18.4 Å². The third-order valence-electron chi connectivity index (χ3n) is 3.92. The maximum Gasteiger partial charge on any atom is 0.413 e. The number of hydrogen-bond donors (Lipinski definition) is 2. The lowest BCUT2D eigenvalue weighted by molar-refractivity contribution is -0.115. The van der Waals surface area contributed by atoms with Gasteiger partial charge in [-0.25, -0.2) is 4.79 Å². The van der Waals surface area contributed by atoms with Gasteiger partial charge in [0.05, 0.1) is 19.8 Å². The standard InChI is InChI=1S/C19H22N2O5S2/c1-11-12(2)28-18(16(11)17(23)21-19(24)26-4)20-15(22)9-10-27-14-7-5-13(25-3)6-8-14/h5-8H,9-10H2,1-4H3,(H,20,22)(H,21,23,24). The number of methoxy groups -OCH3 is 2. The molecular formula is C19H22N2O5S2. The van der Waals surface area contributed by atoms with Crippen molar-refractivity contribution in [3.63, 3.8) is 0 Å². The average molecular weight is 423 g/mol. The lowest BCUT2D eigenvalue weighted by atomic mass is 10.1. The Balaban J connectivity index is 1.96. The molecule has 0 fully saturated rings. The molecule has 0 saturated heterocycles. The molecule has 1 aromatic heterocycles. The van der Waals surface area contributed by atoms with Gasteiger partial charge in [-0.3, -0.25) is 14.9 Å². The van der Waals surface area contributed by atoms with Crippen LogP contribution in [0.15, 0.2) is 29.2 Å². The number of rotatable bonds is 7. The lowest BCUT2D eigenvalue weighted by Crippen LogP contribution is -2.31. The van der Waals surface area contributed by atoms with E-state index in [1.54, 1.807) is 25.8 Å². The second kappa shape index (κ2) is 10.1. The third-order valence-corrected chi connectivity index (χ3v) is 6.06. The number of imide groups is 1. The number of carbonyl (C=O) groups is 3. The van der Waals surface area contributed by atoms with Gasteiger partial charge in [0.15, 0.2) is 0 Å². The minimum absolute atomic E-state index is 0.200. The molecule has 0 aliphatic carbocycles. The Morgan fingerprint density at radius 3 is 2.39 bits per heavy atom. The van der Waals surface area contributed by atoms with Crippen molar-refractivity contribution in [1.29, 1.82) is 0 Å². The van der Waals surface area contributed by atoms with Crippen molar-refractivity contribution in [1.82, 2.24) is 5.32 Å². The first kappa shape index (κ1) is 21.8. The molecule has 0 aliphatic heterocycles. The van der Waals surface area contributed by atoms with Gasteiger partial charge in [-0.2, -0.15) is 0 Å². The van der Waals surface area contributed by atoms with Crippen LogP contribution in [-0.2, 0) is 9.53 Å². The van der Waals surface area contributed by atoms with Crippen molar-refractivity contribution < 1.29 is 23.9 Å². The van der Waals surface area contributed by atoms with Crippen LogP contribution in [-0.4, -0.2) is 37.9 Å². The summed E-state index contributed by atoms with van der Waals surface area (Å²) in [6, 6.07) is 7.60. The third kappa shape index (κ3) is 5.74. The first-order valence-electron chi connectivity index (χ1n) is 8.41. The number of ether oxygens (including phenoxy) is 2. The fourth-order valence-electron chi connectivity index (χ4n) is 2.32. The Labute approximate surface area is 171 Å². The predicted octanol–water partition coefficient (Wildman–Crippen LogP) is 3.99.